The van der Waals surface area contributed by atoms with Gasteiger partial charge in [0.1, 0.15) is 0 Å². The van der Waals surface area contributed by atoms with Crippen molar-refractivity contribution in [1.29, 1.82) is 0 Å². The Morgan fingerprint density at radius 2 is 2.19 bits per heavy atom. The van der Waals surface area contributed by atoms with Gasteiger partial charge in [-0.05, 0) is 39.2 Å². The van der Waals surface area contributed by atoms with E-state index in [0.29, 0.717) is 6.10 Å². The molecule has 0 amide bonds. The summed E-state index contributed by atoms with van der Waals surface area (Å²) in [6, 6.07) is 0.264. The van der Waals surface area contributed by atoms with Gasteiger partial charge in [0, 0.05) is 25.7 Å². The van der Waals surface area contributed by atoms with Gasteiger partial charge in [-0.25, -0.2) is 0 Å². The Balaban J connectivity index is 0.00000225. The van der Waals surface area contributed by atoms with E-state index in [4.69, 9.17) is 10.5 Å². The molecule has 1 fully saturated rings. The molecule has 1 aliphatic heterocycles. The van der Waals surface area contributed by atoms with Crippen molar-refractivity contribution >= 4 is 12.4 Å². The average molecular weight is 251 g/mol. The molecule has 98 valence electrons. The second kappa shape index (κ2) is 9.23. The molecule has 1 heterocycles. The smallest absolute Gasteiger partial charge is 0.0702 e. The van der Waals surface area contributed by atoms with E-state index in [1.54, 1.807) is 0 Å². The Labute approximate surface area is 106 Å². The van der Waals surface area contributed by atoms with Gasteiger partial charge in [-0.15, -0.1) is 12.4 Å². The van der Waals surface area contributed by atoms with Crippen LogP contribution in [0.4, 0.5) is 0 Å². The number of halogens is 1. The maximum atomic E-state index is 5.85. The summed E-state index contributed by atoms with van der Waals surface area (Å²) >= 11 is 0. The standard InChI is InChI=1S/C12H26N2O.ClH/c1-3-7-14(9-11(2)13)10-12-6-4-5-8-15-12;/h11-12H,3-10,13H2,1-2H3;1H. The van der Waals surface area contributed by atoms with E-state index in [2.05, 4.69) is 18.7 Å². The van der Waals surface area contributed by atoms with Crippen LogP contribution in [0.3, 0.4) is 0 Å². The minimum atomic E-state index is 0. The van der Waals surface area contributed by atoms with Crippen molar-refractivity contribution in [2.45, 2.75) is 51.7 Å². The van der Waals surface area contributed by atoms with Crippen LogP contribution in [0.1, 0.15) is 39.5 Å². The number of nitrogens with zero attached hydrogens (tertiary/aromatic N) is 1. The summed E-state index contributed by atoms with van der Waals surface area (Å²) in [6.07, 6.45) is 5.42. The third-order valence-corrected chi connectivity index (χ3v) is 2.82. The molecule has 4 heteroatoms. The van der Waals surface area contributed by atoms with Crippen LogP contribution in [-0.4, -0.2) is 43.3 Å². The first-order chi connectivity index (χ1) is 7.22. The van der Waals surface area contributed by atoms with E-state index in [1.165, 1.54) is 25.7 Å². The Bertz CT molecular complexity index is 161. The summed E-state index contributed by atoms with van der Waals surface area (Å²) in [5.74, 6) is 0. The van der Waals surface area contributed by atoms with Gasteiger partial charge in [0.05, 0.1) is 6.10 Å². The van der Waals surface area contributed by atoms with Gasteiger partial charge in [0.15, 0.2) is 0 Å². The van der Waals surface area contributed by atoms with Gasteiger partial charge in [-0.3, -0.25) is 4.90 Å². The second-order valence-corrected chi connectivity index (χ2v) is 4.73. The minimum Gasteiger partial charge on any atom is -0.377 e. The average Bonchev–Trinajstić information content (AvgIpc) is 2.18. The van der Waals surface area contributed by atoms with Crippen molar-refractivity contribution in [3.05, 3.63) is 0 Å². The zero-order valence-electron chi connectivity index (χ0n) is 10.7. The zero-order valence-corrected chi connectivity index (χ0v) is 11.5. The highest BCUT2D eigenvalue weighted by atomic mass is 35.5. The Hall–Kier alpha value is 0.170. The fourth-order valence-corrected chi connectivity index (χ4v) is 2.22. The van der Waals surface area contributed by atoms with E-state index in [1.807, 2.05) is 0 Å². The maximum absolute atomic E-state index is 5.85. The molecule has 0 radical (unpaired) electrons. The molecule has 0 spiro atoms. The monoisotopic (exact) mass is 250 g/mol. The number of nitrogens with two attached hydrogens (primary N) is 1. The molecule has 3 nitrogen and oxygen atoms in total. The number of hydrogen-bond donors (Lipinski definition) is 1. The topological polar surface area (TPSA) is 38.5 Å². The van der Waals surface area contributed by atoms with Crippen LogP contribution in [0.2, 0.25) is 0 Å². The van der Waals surface area contributed by atoms with E-state index < -0.39 is 0 Å². The van der Waals surface area contributed by atoms with Gasteiger partial charge < -0.3 is 10.5 Å². The largest absolute Gasteiger partial charge is 0.377 e. The first kappa shape index (κ1) is 16.2. The first-order valence-electron chi connectivity index (χ1n) is 6.32. The lowest BCUT2D eigenvalue weighted by Gasteiger charge is -2.30. The van der Waals surface area contributed by atoms with Crippen LogP contribution in [0.25, 0.3) is 0 Å². The predicted octanol–water partition coefficient (Wildman–Crippen LogP) is 2.04. The highest BCUT2D eigenvalue weighted by Crippen LogP contribution is 2.14. The predicted molar refractivity (Wildman–Crippen MR) is 71.2 cm³/mol. The third-order valence-electron chi connectivity index (χ3n) is 2.82. The summed E-state index contributed by atoms with van der Waals surface area (Å²) in [5.41, 5.74) is 5.85. The summed E-state index contributed by atoms with van der Waals surface area (Å²) in [7, 11) is 0. The zero-order chi connectivity index (χ0) is 11.1. The van der Waals surface area contributed by atoms with Gasteiger partial charge in [0.2, 0.25) is 0 Å². The molecule has 0 aromatic rings. The van der Waals surface area contributed by atoms with Crippen LogP contribution < -0.4 is 5.73 Å². The van der Waals surface area contributed by atoms with Crippen molar-refractivity contribution < 1.29 is 4.74 Å². The van der Waals surface area contributed by atoms with E-state index >= 15 is 0 Å². The molecular weight excluding hydrogens is 224 g/mol. The van der Waals surface area contributed by atoms with Crippen molar-refractivity contribution in [3.8, 4) is 0 Å². The van der Waals surface area contributed by atoms with Crippen molar-refractivity contribution in [3.63, 3.8) is 0 Å². The molecule has 2 unspecified atom stereocenters. The summed E-state index contributed by atoms with van der Waals surface area (Å²) < 4.78 is 5.75. The van der Waals surface area contributed by atoms with E-state index in [-0.39, 0.29) is 18.4 Å². The summed E-state index contributed by atoms with van der Waals surface area (Å²) in [5, 5.41) is 0. The molecule has 2 N–H and O–H groups in total. The van der Waals surface area contributed by atoms with Crippen LogP contribution in [0, 0.1) is 0 Å². The number of ether oxygens (including phenoxy) is 1. The van der Waals surface area contributed by atoms with Crippen molar-refractivity contribution in [1.82, 2.24) is 4.90 Å². The normalized spacial score (nSPS) is 22.9. The quantitative estimate of drug-likeness (QED) is 0.784. The lowest BCUT2D eigenvalue weighted by Crippen LogP contribution is -2.42. The SMILES string of the molecule is CCCN(CC(C)N)CC1CCCCO1.Cl. The number of hydrogen-bond acceptors (Lipinski definition) is 3. The van der Waals surface area contributed by atoms with Crippen molar-refractivity contribution in [2.24, 2.45) is 5.73 Å². The van der Waals surface area contributed by atoms with Crippen LogP contribution in [-0.2, 0) is 4.74 Å². The number of rotatable bonds is 6. The van der Waals surface area contributed by atoms with E-state index in [9.17, 15) is 0 Å². The van der Waals surface area contributed by atoms with Gasteiger partial charge in [0.25, 0.3) is 0 Å². The van der Waals surface area contributed by atoms with Gasteiger partial charge in [-0.1, -0.05) is 6.92 Å². The van der Waals surface area contributed by atoms with Crippen molar-refractivity contribution in [2.75, 3.05) is 26.2 Å². The molecule has 1 aliphatic rings. The Morgan fingerprint density at radius 1 is 1.44 bits per heavy atom. The summed E-state index contributed by atoms with van der Waals surface area (Å²) in [6.45, 7) is 8.44. The molecule has 2 atom stereocenters. The molecule has 16 heavy (non-hydrogen) atoms. The third kappa shape index (κ3) is 6.69. The van der Waals surface area contributed by atoms with Crippen LogP contribution in [0.15, 0.2) is 0 Å². The van der Waals surface area contributed by atoms with E-state index in [0.717, 1.165) is 26.2 Å². The fourth-order valence-electron chi connectivity index (χ4n) is 2.22. The maximum Gasteiger partial charge on any atom is 0.0702 e. The molecule has 1 rings (SSSR count). The van der Waals surface area contributed by atoms with Gasteiger partial charge in [-0.2, -0.15) is 0 Å². The lowest BCUT2D eigenvalue weighted by molar-refractivity contribution is -0.00628. The molecule has 0 aliphatic carbocycles. The second-order valence-electron chi connectivity index (χ2n) is 4.73. The first-order valence-corrected chi connectivity index (χ1v) is 6.32. The molecule has 0 aromatic heterocycles. The Morgan fingerprint density at radius 3 is 2.69 bits per heavy atom. The fraction of sp³-hybridized carbons (Fsp3) is 1.00. The van der Waals surface area contributed by atoms with Gasteiger partial charge >= 0.3 is 0 Å². The molecule has 0 aromatic carbocycles. The molecule has 0 saturated carbocycles. The molecule has 1 saturated heterocycles. The highest BCUT2D eigenvalue weighted by Gasteiger charge is 2.17. The highest BCUT2D eigenvalue weighted by molar-refractivity contribution is 5.85. The Kier molecular flexibility index (Phi) is 9.32. The van der Waals surface area contributed by atoms with Crippen LogP contribution in [0.5, 0.6) is 0 Å². The molecular formula is C12H27ClN2O. The molecule has 0 bridgehead atoms. The summed E-state index contributed by atoms with van der Waals surface area (Å²) in [4.78, 5) is 2.45. The van der Waals surface area contributed by atoms with Crippen LogP contribution >= 0.6 is 12.4 Å². The minimum absolute atomic E-state index is 0. The lowest BCUT2D eigenvalue weighted by atomic mass is 10.1.